The monoisotopic (exact) mass is 295 g/mol. The molecule has 17 heavy (non-hydrogen) atoms. The van der Waals surface area contributed by atoms with E-state index in [0.29, 0.717) is 6.04 Å². The maximum absolute atomic E-state index is 3.63. The summed E-state index contributed by atoms with van der Waals surface area (Å²) in [6.45, 7) is 2.14. The number of benzene rings is 1. The van der Waals surface area contributed by atoms with Crippen LogP contribution in [-0.4, -0.2) is 7.05 Å². The first-order chi connectivity index (χ1) is 8.20. The summed E-state index contributed by atoms with van der Waals surface area (Å²) in [5.41, 5.74) is 2.72. The van der Waals surface area contributed by atoms with Crippen LogP contribution in [0, 0.1) is 12.8 Å². The molecule has 1 N–H and O–H groups in total. The van der Waals surface area contributed by atoms with Gasteiger partial charge in [-0.25, -0.2) is 0 Å². The van der Waals surface area contributed by atoms with Crippen LogP contribution in [0.15, 0.2) is 22.7 Å². The first kappa shape index (κ1) is 13.1. The van der Waals surface area contributed by atoms with Crippen LogP contribution in [0.5, 0.6) is 0 Å². The second kappa shape index (κ2) is 6.01. The molecule has 1 aliphatic carbocycles. The van der Waals surface area contributed by atoms with Crippen LogP contribution in [0.25, 0.3) is 0 Å². The fourth-order valence-electron chi connectivity index (χ4n) is 2.83. The Balaban J connectivity index is 2.08. The van der Waals surface area contributed by atoms with E-state index in [9.17, 15) is 0 Å². The van der Waals surface area contributed by atoms with E-state index in [1.54, 1.807) is 0 Å². The Morgan fingerprint density at radius 3 is 2.65 bits per heavy atom. The van der Waals surface area contributed by atoms with Gasteiger partial charge >= 0.3 is 0 Å². The molecule has 0 aliphatic heterocycles. The lowest BCUT2D eigenvalue weighted by molar-refractivity contribution is 0.413. The predicted molar refractivity (Wildman–Crippen MR) is 77.3 cm³/mol. The summed E-state index contributed by atoms with van der Waals surface area (Å²) in [6, 6.07) is 7.25. The van der Waals surface area contributed by atoms with Crippen molar-refractivity contribution in [3.8, 4) is 0 Å². The molecule has 0 radical (unpaired) electrons. The Morgan fingerprint density at radius 2 is 2.06 bits per heavy atom. The maximum Gasteiger partial charge on any atom is 0.0320 e. The zero-order valence-electron chi connectivity index (χ0n) is 10.8. The van der Waals surface area contributed by atoms with Gasteiger partial charge in [-0.1, -0.05) is 53.7 Å². The molecule has 0 heterocycles. The number of hydrogen-bond acceptors (Lipinski definition) is 1. The number of hydrogen-bond donors (Lipinski definition) is 1. The molecule has 2 rings (SSSR count). The van der Waals surface area contributed by atoms with Crippen molar-refractivity contribution in [1.82, 2.24) is 5.32 Å². The standard InChI is InChI=1S/C15H22BrN/c1-11-7-8-13(10-14(11)16)15(17-2)9-12-5-3-4-6-12/h7-8,10,12,15,17H,3-6,9H2,1-2H3. The smallest absolute Gasteiger partial charge is 0.0320 e. The number of rotatable bonds is 4. The van der Waals surface area contributed by atoms with E-state index >= 15 is 0 Å². The minimum Gasteiger partial charge on any atom is -0.313 e. The van der Waals surface area contributed by atoms with E-state index in [2.05, 4.69) is 53.4 Å². The lowest BCUT2D eigenvalue weighted by Gasteiger charge is -2.21. The van der Waals surface area contributed by atoms with Gasteiger partial charge in [-0.3, -0.25) is 0 Å². The van der Waals surface area contributed by atoms with Crippen molar-refractivity contribution < 1.29 is 0 Å². The second-order valence-electron chi connectivity index (χ2n) is 5.24. The molecule has 0 bridgehead atoms. The van der Waals surface area contributed by atoms with Crippen LogP contribution < -0.4 is 5.32 Å². The van der Waals surface area contributed by atoms with Crippen LogP contribution in [0.1, 0.15) is 49.3 Å². The Morgan fingerprint density at radius 1 is 1.35 bits per heavy atom. The molecule has 1 saturated carbocycles. The van der Waals surface area contributed by atoms with Crippen molar-refractivity contribution in [1.29, 1.82) is 0 Å². The molecular weight excluding hydrogens is 274 g/mol. The van der Waals surface area contributed by atoms with E-state index in [4.69, 9.17) is 0 Å². The van der Waals surface area contributed by atoms with E-state index in [0.717, 1.165) is 5.92 Å². The highest BCUT2D eigenvalue weighted by molar-refractivity contribution is 9.10. The Bertz CT molecular complexity index is 369. The van der Waals surface area contributed by atoms with Crippen molar-refractivity contribution in [3.63, 3.8) is 0 Å². The summed E-state index contributed by atoms with van der Waals surface area (Å²) < 4.78 is 1.22. The summed E-state index contributed by atoms with van der Waals surface area (Å²) in [6.07, 6.45) is 6.99. The van der Waals surface area contributed by atoms with Crippen LogP contribution in [0.3, 0.4) is 0 Å². The van der Waals surface area contributed by atoms with Crippen molar-refractivity contribution in [2.75, 3.05) is 7.05 Å². The van der Waals surface area contributed by atoms with Crippen LogP contribution >= 0.6 is 15.9 Å². The Hall–Kier alpha value is -0.340. The van der Waals surface area contributed by atoms with Crippen molar-refractivity contribution in [3.05, 3.63) is 33.8 Å². The average Bonchev–Trinajstić information content (AvgIpc) is 2.82. The highest BCUT2D eigenvalue weighted by Crippen LogP contribution is 2.33. The van der Waals surface area contributed by atoms with Crippen molar-refractivity contribution >= 4 is 15.9 Å². The molecular formula is C15H22BrN. The van der Waals surface area contributed by atoms with Gasteiger partial charge in [0.15, 0.2) is 0 Å². The summed E-state index contributed by atoms with van der Waals surface area (Å²) in [5.74, 6) is 0.924. The third kappa shape index (κ3) is 3.32. The Labute approximate surface area is 113 Å². The largest absolute Gasteiger partial charge is 0.313 e. The molecule has 1 unspecified atom stereocenters. The fraction of sp³-hybridized carbons (Fsp3) is 0.600. The predicted octanol–water partition coefficient (Wildman–Crippen LogP) is 4.60. The van der Waals surface area contributed by atoms with E-state index in [-0.39, 0.29) is 0 Å². The summed E-state index contributed by atoms with van der Waals surface area (Å²) >= 11 is 3.63. The average molecular weight is 296 g/mol. The lowest BCUT2D eigenvalue weighted by atomic mass is 9.93. The van der Waals surface area contributed by atoms with Gasteiger partial charge in [0.25, 0.3) is 0 Å². The summed E-state index contributed by atoms with van der Waals surface area (Å²) in [4.78, 5) is 0. The molecule has 0 aromatic heterocycles. The third-order valence-electron chi connectivity index (χ3n) is 3.99. The summed E-state index contributed by atoms with van der Waals surface area (Å²) in [7, 11) is 2.08. The summed E-state index contributed by atoms with van der Waals surface area (Å²) in [5, 5.41) is 3.47. The zero-order chi connectivity index (χ0) is 12.3. The molecule has 0 amide bonds. The molecule has 1 atom stereocenters. The van der Waals surface area contributed by atoms with Gasteiger partial charge in [-0.05, 0) is 43.5 Å². The van der Waals surface area contributed by atoms with Crippen LogP contribution in [0.2, 0.25) is 0 Å². The second-order valence-corrected chi connectivity index (χ2v) is 6.09. The SMILES string of the molecule is CNC(CC1CCCC1)c1ccc(C)c(Br)c1. The molecule has 2 heteroatoms. The fourth-order valence-corrected chi connectivity index (χ4v) is 3.22. The van der Waals surface area contributed by atoms with Gasteiger partial charge in [-0.15, -0.1) is 0 Å². The molecule has 94 valence electrons. The van der Waals surface area contributed by atoms with Gasteiger partial charge in [-0.2, -0.15) is 0 Å². The number of nitrogens with one attached hydrogen (secondary N) is 1. The number of aryl methyl sites for hydroxylation is 1. The molecule has 1 aromatic carbocycles. The highest BCUT2D eigenvalue weighted by atomic mass is 79.9. The molecule has 1 fully saturated rings. The number of halogens is 1. The van der Waals surface area contributed by atoms with Crippen LogP contribution in [-0.2, 0) is 0 Å². The molecule has 0 saturated heterocycles. The minimum atomic E-state index is 0.509. The minimum absolute atomic E-state index is 0.509. The van der Waals surface area contributed by atoms with Crippen molar-refractivity contribution in [2.45, 2.75) is 45.1 Å². The molecule has 1 nitrogen and oxygen atoms in total. The highest BCUT2D eigenvalue weighted by Gasteiger charge is 2.20. The zero-order valence-corrected chi connectivity index (χ0v) is 12.4. The van der Waals surface area contributed by atoms with Gasteiger partial charge in [0, 0.05) is 10.5 Å². The lowest BCUT2D eigenvalue weighted by Crippen LogP contribution is -2.19. The van der Waals surface area contributed by atoms with Crippen molar-refractivity contribution in [2.24, 2.45) is 5.92 Å². The van der Waals surface area contributed by atoms with E-state index < -0.39 is 0 Å². The quantitative estimate of drug-likeness (QED) is 0.856. The first-order valence-corrected chi connectivity index (χ1v) is 7.43. The van der Waals surface area contributed by atoms with Gasteiger partial charge in [0.1, 0.15) is 0 Å². The third-order valence-corrected chi connectivity index (χ3v) is 4.84. The van der Waals surface area contributed by atoms with Gasteiger partial charge in [0.2, 0.25) is 0 Å². The Kier molecular flexibility index (Phi) is 4.63. The van der Waals surface area contributed by atoms with E-state index in [1.807, 2.05) is 0 Å². The normalized spacial score (nSPS) is 18.5. The molecule has 1 aromatic rings. The molecule has 1 aliphatic rings. The van der Waals surface area contributed by atoms with E-state index in [1.165, 1.54) is 47.7 Å². The van der Waals surface area contributed by atoms with Crippen LogP contribution in [0.4, 0.5) is 0 Å². The molecule has 0 spiro atoms. The topological polar surface area (TPSA) is 12.0 Å². The van der Waals surface area contributed by atoms with Gasteiger partial charge in [0.05, 0.1) is 0 Å². The first-order valence-electron chi connectivity index (χ1n) is 6.64. The van der Waals surface area contributed by atoms with Gasteiger partial charge < -0.3 is 5.32 Å². The maximum atomic E-state index is 3.63.